The van der Waals surface area contributed by atoms with Crippen LogP contribution in [0.15, 0.2) is 41.8 Å². The Hall–Kier alpha value is -2.74. The van der Waals surface area contributed by atoms with Crippen LogP contribution in [0.5, 0.6) is 0 Å². The maximum atomic E-state index is 12.1. The van der Waals surface area contributed by atoms with Crippen molar-refractivity contribution in [1.29, 1.82) is 0 Å². The Morgan fingerprint density at radius 1 is 1.17 bits per heavy atom. The van der Waals surface area contributed by atoms with Crippen LogP contribution in [0.1, 0.15) is 11.4 Å². The molecule has 3 rings (SSSR count). The molecule has 24 heavy (non-hydrogen) atoms. The van der Waals surface area contributed by atoms with Crippen molar-refractivity contribution < 1.29 is 4.79 Å². The van der Waals surface area contributed by atoms with Crippen LogP contribution in [0, 0.1) is 13.8 Å². The zero-order valence-electron chi connectivity index (χ0n) is 13.3. The summed E-state index contributed by atoms with van der Waals surface area (Å²) in [5.74, 6) is 0.845. The monoisotopic (exact) mass is 340 g/mol. The molecule has 0 atom stereocenters. The van der Waals surface area contributed by atoms with Crippen LogP contribution in [-0.4, -0.2) is 36.8 Å². The molecule has 0 spiro atoms. The number of rotatable bonds is 5. The van der Waals surface area contributed by atoms with Gasteiger partial charge in [-0.25, -0.2) is 15.0 Å². The molecule has 3 aromatic rings. The maximum Gasteiger partial charge on any atom is 0.234 e. The van der Waals surface area contributed by atoms with E-state index in [9.17, 15) is 4.79 Å². The Labute approximate surface area is 143 Å². The number of amides is 1. The van der Waals surface area contributed by atoms with Gasteiger partial charge in [-0.2, -0.15) is 5.10 Å². The van der Waals surface area contributed by atoms with Gasteiger partial charge in [-0.1, -0.05) is 11.8 Å². The summed E-state index contributed by atoms with van der Waals surface area (Å²) in [5.41, 5.74) is 3.43. The van der Waals surface area contributed by atoms with E-state index in [-0.39, 0.29) is 11.7 Å². The third kappa shape index (κ3) is 4.17. The van der Waals surface area contributed by atoms with Gasteiger partial charge >= 0.3 is 0 Å². The molecule has 0 saturated heterocycles. The van der Waals surface area contributed by atoms with Gasteiger partial charge < -0.3 is 5.32 Å². The summed E-state index contributed by atoms with van der Waals surface area (Å²) < 4.78 is 0. The number of carbonyl (C=O) groups excluding carboxylic acids is 1. The summed E-state index contributed by atoms with van der Waals surface area (Å²) >= 11 is 1.32. The minimum Gasteiger partial charge on any atom is -0.325 e. The Kier molecular flexibility index (Phi) is 4.85. The van der Waals surface area contributed by atoms with Crippen LogP contribution in [0.3, 0.4) is 0 Å². The number of aryl methyl sites for hydroxylation is 2. The van der Waals surface area contributed by atoms with Gasteiger partial charge in [0.25, 0.3) is 0 Å². The van der Waals surface area contributed by atoms with Crippen molar-refractivity contribution in [3.8, 4) is 11.4 Å². The van der Waals surface area contributed by atoms with Gasteiger partial charge in [0.2, 0.25) is 5.91 Å². The minimum absolute atomic E-state index is 0.102. The van der Waals surface area contributed by atoms with Crippen LogP contribution in [0.25, 0.3) is 11.4 Å². The quantitative estimate of drug-likeness (QED) is 0.547. The average molecular weight is 340 g/mol. The molecule has 1 amide bonds. The average Bonchev–Trinajstić information content (AvgIpc) is 3.07. The number of benzene rings is 1. The SMILES string of the molecule is Cc1cc(C)nc(SCC(=O)Nc2ccc(-c3ncn[nH]3)cc2)n1. The van der Waals surface area contributed by atoms with Crippen LogP contribution < -0.4 is 5.32 Å². The molecule has 0 aliphatic rings. The van der Waals surface area contributed by atoms with E-state index in [0.717, 1.165) is 22.6 Å². The number of anilines is 1. The van der Waals surface area contributed by atoms with Crippen molar-refractivity contribution in [1.82, 2.24) is 25.1 Å². The molecule has 122 valence electrons. The number of hydrogen-bond donors (Lipinski definition) is 2. The second-order valence-electron chi connectivity index (χ2n) is 5.18. The van der Waals surface area contributed by atoms with E-state index in [1.54, 1.807) is 0 Å². The third-order valence-electron chi connectivity index (χ3n) is 3.15. The number of H-pyrrole nitrogens is 1. The highest BCUT2D eigenvalue weighted by Crippen LogP contribution is 2.18. The number of hydrogen-bond acceptors (Lipinski definition) is 6. The van der Waals surface area contributed by atoms with E-state index < -0.39 is 0 Å². The van der Waals surface area contributed by atoms with E-state index in [4.69, 9.17) is 0 Å². The van der Waals surface area contributed by atoms with Crippen molar-refractivity contribution in [3.63, 3.8) is 0 Å². The molecular formula is C16H16N6OS. The van der Waals surface area contributed by atoms with E-state index in [1.165, 1.54) is 18.1 Å². The molecule has 1 aromatic carbocycles. The second-order valence-corrected chi connectivity index (χ2v) is 6.12. The van der Waals surface area contributed by atoms with Gasteiger partial charge in [0.1, 0.15) is 6.33 Å². The predicted octanol–water partition coefficient (Wildman–Crippen LogP) is 2.61. The zero-order valence-corrected chi connectivity index (χ0v) is 14.1. The summed E-state index contributed by atoms with van der Waals surface area (Å²) in [4.78, 5) is 24.8. The molecule has 0 unspecified atom stereocenters. The molecule has 8 heteroatoms. The third-order valence-corrected chi connectivity index (χ3v) is 4.00. The summed E-state index contributed by atoms with van der Waals surface area (Å²) in [6.45, 7) is 3.82. The van der Waals surface area contributed by atoms with E-state index in [0.29, 0.717) is 11.0 Å². The Morgan fingerprint density at radius 2 is 1.88 bits per heavy atom. The number of aromatic amines is 1. The van der Waals surface area contributed by atoms with Gasteiger partial charge in [-0.3, -0.25) is 9.89 Å². The molecule has 0 bridgehead atoms. The van der Waals surface area contributed by atoms with E-state index >= 15 is 0 Å². The normalized spacial score (nSPS) is 10.6. The maximum absolute atomic E-state index is 12.1. The lowest BCUT2D eigenvalue weighted by Gasteiger charge is -2.06. The second kappa shape index (κ2) is 7.22. The first kappa shape index (κ1) is 16.1. The van der Waals surface area contributed by atoms with Crippen molar-refractivity contribution in [3.05, 3.63) is 48.0 Å². The fraction of sp³-hybridized carbons (Fsp3) is 0.188. The highest BCUT2D eigenvalue weighted by molar-refractivity contribution is 7.99. The van der Waals surface area contributed by atoms with Crippen LogP contribution in [-0.2, 0) is 4.79 Å². The minimum atomic E-state index is -0.102. The first-order chi connectivity index (χ1) is 11.6. The fourth-order valence-electron chi connectivity index (χ4n) is 2.14. The van der Waals surface area contributed by atoms with Crippen molar-refractivity contribution in [2.45, 2.75) is 19.0 Å². The topological polar surface area (TPSA) is 96.5 Å². The van der Waals surface area contributed by atoms with Crippen molar-refractivity contribution in [2.24, 2.45) is 0 Å². The molecule has 2 N–H and O–H groups in total. The smallest absolute Gasteiger partial charge is 0.234 e. The Balaban J connectivity index is 1.56. The van der Waals surface area contributed by atoms with Gasteiger partial charge in [-0.15, -0.1) is 0 Å². The van der Waals surface area contributed by atoms with Gasteiger partial charge in [-0.05, 0) is 44.2 Å². The predicted molar refractivity (Wildman–Crippen MR) is 92.7 cm³/mol. The first-order valence-corrected chi connectivity index (χ1v) is 8.29. The molecule has 0 radical (unpaired) electrons. The molecule has 0 saturated carbocycles. The summed E-state index contributed by atoms with van der Waals surface area (Å²) in [5, 5.41) is 10.1. The van der Waals surface area contributed by atoms with E-state index in [2.05, 4.69) is 30.5 Å². The highest BCUT2D eigenvalue weighted by Gasteiger charge is 2.07. The number of nitrogens with zero attached hydrogens (tertiary/aromatic N) is 4. The van der Waals surface area contributed by atoms with E-state index in [1.807, 2.05) is 44.2 Å². The lowest BCUT2D eigenvalue weighted by molar-refractivity contribution is -0.113. The van der Waals surface area contributed by atoms with Gasteiger partial charge in [0.05, 0.1) is 5.75 Å². The Bertz CT molecular complexity index is 812. The largest absolute Gasteiger partial charge is 0.325 e. The van der Waals surface area contributed by atoms with Crippen LogP contribution >= 0.6 is 11.8 Å². The van der Waals surface area contributed by atoms with Crippen LogP contribution in [0.4, 0.5) is 5.69 Å². The lowest BCUT2D eigenvalue weighted by atomic mass is 10.2. The standard InChI is InChI=1S/C16H16N6OS/c1-10-7-11(2)20-16(19-10)24-8-14(23)21-13-5-3-12(4-6-13)15-17-9-18-22-15/h3-7,9H,8H2,1-2H3,(H,21,23)(H,17,18,22). The molecule has 7 nitrogen and oxygen atoms in total. The lowest BCUT2D eigenvalue weighted by Crippen LogP contribution is -2.14. The summed E-state index contributed by atoms with van der Waals surface area (Å²) in [6, 6.07) is 9.30. The van der Waals surface area contributed by atoms with Crippen molar-refractivity contribution >= 4 is 23.4 Å². The number of nitrogens with one attached hydrogen (secondary N) is 2. The van der Waals surface area contributed by atoms with Crippen molar-refractivity contribution in [2.75, 3.05) is 11.1 Å². The molecule has 0 aliphatic carbocycles. The number of aromatic nitrogens is 5. The van der Waals surface area contributed by atoms with Gasteiger partial charge in [0.15, 0.2) is 11.0 Å². The zero-order chi connectivity index (χ0) is 16.9. The first-order valence-electron chi connectivity index (χ1n) is 7.31. The number of thioether (sulfide) groups is 1. The van der Waals surface area contributed by atoms with Crippen LogP contribution in [0.2, 0.25) is 0 Å². The molecule has 2 heterocycles. The molecule has 0 fully saturated rings. The van der Waals surface area contributed by atoms with Gasteiger partial charge in [0, 0.05) is 22.6 Å². The summed E-state index contributed by atoms with van der Waals surface area (Å²) in [7, 11) is 0. The highest BCUT2D eigenvalue weighted by atomic mass is 32.2. The molecule has 2 aromatic heterocycles. The molecular weight excluding hydrogens is 324 g/mol. The fourth-order valence-corrected chi connectivity index (χ4v) is 2.89. The summed E-state index contributed by atoms with van der Waals surface area (Å²) in [6.07, 6.45) is 1.46. The number of carbonyl (C=O) groups is 1. The molecule has 0 aliphatic heterocycles. The Morgan fingerprint density at radius 3 is 2.50 bits per heavy atom.